The van der Waals surface area contributed by atoms with E-state index in [1.54, 1.807) is 16.7 Å². The number of benzene rings is 1. The lowest BCUT2D eigenvalue weighted by Crippen LogP contribution is -2.11. The van der Waals surface area contributed by atoms with Crippen LogP contribution >= 0.6 is 0 Å². The first kappa shape index (κ1) is 11.3. The second-order valence-electron chi connectivity index (χ2n) is 5.76. The molecule has 0 aromatic heterocycles. The van der Waals surface area contributed by atoms with E-state index < -0.39 is 0 Å². The molecular weight excluding hydrogens is 206 g/mol. The van der Waals surface area contributed by atoms with Gasteiger partial charge in [-0.05, 0) is 80.0 Å². The van der Waals surface area contributed by atoms with Gasteiger partial charge in [-0.1, -0.05) is 18.2 Å². The van der Waals surface area contributed by atoms with Crippen LogP contribution in [0.5, 0.6) is 0 Å². The first-order valence-electron chi connectivity index (χ1n) is 7.20. The molecule has 0 radical (unpaired) electrons. The van der Waals surface area contributed by atoms with E-state index in [1.807, 2.05) is 0 Å². The van der Waals surface area contributed by atoms with Crippen molar-refractivity contribution in [1.29, 1.82) is 0 Å². The molecule has 0 amide bonds. The minimum absolute atomic E-state index is 0.743. The van der Waals surface area contributed by atoms with Gasteiger partial charge in [0.15, 0.2) is 0 Å². The van der Waals surface area contributed by atoms with Crippen molar-refractivity contribution in [2.75, 3.05) is 6.54 Å². The molecule has 92 valence electrons. The molecule has 1 aromatic rings. The van der Waals surface area contributed by atoms with Crippen molar-refractivity contribution < 1.29 is 0 Å². The second kappa shape index (κ2) is 4.81. The fourth-order valence-corrected chi connectivity index (χ4v) is 3.34. The van der Waals surface area contributed by atoms with Gasteiger partial charge in [0.05, 0.1) is 0 Å². The Bertz CT molecular complexity index is 393. The Morgan fingerprint density at radius 2 is 1.88 bits per heavy atom. The number of aryl methyl sites for hydroxylation is 2. The van der Waals surface area contributed by atoms with Crippen molar-refractivity contribution in [3.8, 4) is 0 Å². The number of fused-ring (bicyclic) bond motifs is 1. The largest absolute Gasteiger partial charge is 0.330 e. The zero-order valence-electron chi connectivity index (χ0n) is 10.6. The Kier molecular flexibility index (Phi) is 3.19. The predicted molar refractivity (Wildman–Crippen MR) is 72.2 cm³/mol. The van der Waals surface area contributed by atoms with Crippen LogP contribution in [0.2, 0.25) is 0 Å². The lowest BCUT2D eigenvalue weighted by atomic mass is 9.85. The third-order valence-corrected chi connectivity index (χ3v) is 4.47. The zero-order chi connectivity index (χ0) is 11.7. The van der Waals surface area contributed by atoms with Crippen LogP contribution in [0.1, 0.15) is 54.7 Å². The van der Waals surface area contributed by atoms with Gasteiger partial charge in [-0.2, -0.15) is 0 Å². The maximum atomic E-state index is 5.77. The molecule has 1 heteroatoms. The van der Waals surface area contributed by atoms with Gasteiger partial charge in [0.25, 0.3) is 0 Å². The van der Waals surface area contributed by atoms with Crippen LogP contribution in [0, 0.1) is 5.92 Å². The molecule has 0 spiro atoms. The summed E-state index contributed by atoms with van der Waals surface area (Å²) in [6.07, 6.45) is 9.35. The average molecular weight is 229 g/mol. The molecule has 0 bridgehead atoms. The molecule has 1 unspecified atom stereocenters. The Hall–Kier alpha value is -0.820. The van der Waals surface area contributed by atoms with Crippen LogP contribution in [0.15, 0.2) is 18.2 Å². The van der Waals surface area contributed by atoms with E-state index in [1.165, 1.54) is 44.9 Å². The molecule has 1 saturated carbocycles. The normalized spacial score (nSPS) is 21.0. The molecular formula is C16H23N. The Balaban J connectivity index is 1.85. The van der Waals surface area contributed by atoms with Crippen molar-refractivity contribution in [3.05, 3.63) is 34.9 Å². The van der Waals surface area contributed by atoms with Gasteiger partial charge in [0, 0.05) is 0 Å². The molecule has 2 aliphatic carbocycles. The van der Waals surface area contributed by atoms with Gasteiger partial charge in [-0.25, -0.2) is 0 Å². The predicted octanol–water partition coefficient (Wildman–Crippen LogP) is 3.41. The molecule has 0 heterocycles. The second-order valence-corrected chi connectivity index (χ2v) is 5.76. The van der Waals surface area contributed by atoms with Gasteiger partial charge in [0.1, 0.15) is 0 Å². The summed E-state index contributed by atoms with van der Waals surface area (Å²) in [5.41, 5.74) is 10.6. The molecule has 0 saturated heterocycles. The summed E-state index contributed by atoms with van der Waals surface area (Å²) < 4.78 is 0. The lowest BCUT2D eigenvalue weighted by molar-refractivity contribution is 0.563. The Morgan fingerprint density at radius 1 is 1.12 bits per heavy atom. The molecule has 2 N–H and O–H groups in total. The van der Waals surface area contributed by atoms with Gasteiger partial charge in [-0.3, -0.25) is 0 Å². The van der Waals surface area contributed by atoms with Crippen molar-refractivity contribution in [1.82, 2.24) is 0 Å². The molecule has 0 aliphatic heterocycles. The van der Waals surface area contributed by atoms with Crippen LogP contribution < -0.4 is 5.73 Å². The fraction of sp³-hybridized carbons (Fsp3) is 0.625. The highest BCUT2D eigenvalue weighted by molar-refractivity contribution is 5.36. The standard InChI is InChI=1S/C16H23N/c17-10-9-16(13-6-7-13)15-8-5-12-3-1-2-4-14(12)11-15/h5,8,11,13,16H,1-4,6-7,9-10,17H2. The van der Waals surface area contributed by atoms with E-state index in [0.29, 0.717) is 0 Å². The summed E-state index contributed by atoms with van der Waals surface area (Å²) in [7, 11) is 0. The van der Waals surface area contributed by atoms with E-state index in [0.717, 1.165) is 18.4 Å². The summed E-state index contributed by atoms with van der Waals surface area (Å²) in [5.74, 6) is 1.67. The van der Waals surface area contributed by atoms with E-state index in [-0.39, 0.29) is 0 Å². The maximum absolute atomic E-state index is 5.77. The highest BCUT2D eigenvalue weighted by Crippen LogP contribution is 2.44. The topological polar surface area (TPSA) is 26.0 Å². The molecule has 17 heavy (non-hydrogen) atoms. The number of nitrogens with two attached hydrogens (primary N) is 1. The van der Waals surface area contributed by atoms with Crippen molar-refractivity contribution in [2.45, 2.75) is 50.9 Å². The maximum Gasteiger partial charge on any atom is -0.00713 e. The summed E-state index contributed by atoms with van der Waals surface area (Å²) in [5, 5.41) is 0. The number of hydrogen-bond donors (Lipinski definition) is 1. The van der Waals surface area contributed by atoms with Crippen LogP contribution in [0.4, 0.5) is 0 Å². The Morgan fingerprint density at radius 3 is 2.59 bits per heavy atom. The molecule has 1 fully saturated rings. The van der Waals surface area contributed by atoms with Crippen LogP contribution in [-0.2, 0) is 12.8 Å². The summed E-state index contributed by atoms with van der Waals surface area (Å²) >= 11 is 0. The third kappa shape index (κ3) is 2.40. The first-order chi connectivity index (χ1) is 8.38. The molecule has 2 aliphatic rings. The zero-order valence-corrected chi connectivity index (χ0v) is 10.6. The molecule has 1 aromatic carbocycles. The number of hydrogen-bond acceptors (Lipinski definition) is 1. The minimum atomic E-state index is 0.743. The van der Waals surface area contributed by atoms with Crippen molar-refractivity contribution in [2.24, 2.45) is 11.7 Å². The van der Waals surface area contributed by atoms with Gasteiger partial charge < -0.3 is 5.73 Å². The minimum Gasteiger partial charge on any atom is -0.330 e. The molecule has 1 atom stereocenters. The highest BCUT2D eigenvalue weighted by atomic mass is 14.5. The molecule has 1 nitrogen and oxygen atoms in total. The third-order valence-electron chi connectivity index (χ3n) is 4.47. The van der Waals surface area contributed by atoms with Crippen molar-refractivity contribution >= 4 is 0 Å². The van der Waals surface area contributed by atoms with E-state index in [2.05, 4.69) is 18.2 Å². The summed E-state index contributed by atoms with van der Waals surface area (Å²) in [6.45, 7) is 0.832. The van der Waals surface area contributed by atoms with Gasteiger partial charge >= 0.3 is 0 Å². The smallest absolute Gasteiger partial charge is 0.00713 e. The van der Waals surface area contributed by atoms with E-state index >= 15 is 0 Å². The lowest BCUT2D eigenvalue weighted by Gasteiger charge is -2.21. The van der Waals surface area contributed by atoms with E-state index in [4.69, 9.17) is 5.73 Å². The van der Waals surface area contributed by atoms with Gasteiger partial charge in [-0.15, -0.1) is 0 Å². The molecule has 3 rings (SSSR count). The van der Waals surface area contributed by atoms with E-state index in [9.17, 15) is 0 Å². The average Bonchev–Trinajstić information content (AvgIpc) is 3.20. The van der Waals surface area contributed by atoms with Crippen LogP contribution in [0.25, 0.3) is 0 Å². The number of rotatable bonds is 4. The SMILES string of the molecule is NCCC(c1ccc2c(c1)CCCC2)C1CC1. The summed E-state index contributed by atoms with van der Waals surface area (Å²) in [4.78, 5) is 0. The van der Waals surface area contributed by atoms with Gasteiger partial charge in [0.2, 0.25) is 0 Å². The van der Waals surface area contributed by atoms with Crippen LogP contribution in [-0.4, -0.2) is 6.54 Å². The van der Waals surface area contributed by atoms with Crippen molar-refractivity contribution in [3.63, 3.8) is 0 Å². The Labute approximate surface area is 104 Å². The quantitative estimate of drug-likeness (QED) is 0.841. The first-order valence-corrected chi connectivity index (χ1v) is 7.20. The highest BCUT2D eigenvalue weighted by Gasteiger charge is 2.31. The fourth-order valence-electron chi connectivity index (χ4n) is 3.34. The summed E-state index contributed by atoms with van der Waals surface area (Å²) in [6, 6.07) is 7.26. The monoisotopic (exact) mass is 229 g/mol. The van der Waals surface area contributed by atoms with Crippen LogP contribution in [0.3, 0.4) is 0 Å².